The fourth-order valence-electron chi connectivity index (χ4n) is 1.37. The van der Waals surface area contributed by atoms with E-state index < -0.39 is 0 Å². The highest BCUT2D eigenvalue weighted by molar-refractivity contribution is 5.40. The minimum Gasteiger partial charge on any atom is -0.316 e. The zero-order chi connectivity index (χ0) is 9.26. The van der Waals surface area contributed by atoms with Gasteiger partial charge in [0.1, 0.15) is 5.82 Å². The maximum atomic E-state index is 4.05. The van der Waals surface area contributed by atoms with Gasteiger partial charge in [0.25, 0.3) is 0 Å². The summed E-state index contributed by atoms with van der Waals surface area (Å²) in [5.41, 5.74) is 2.13. The summed E-state index contributed by atoms with van der Waals surface area (Å²) in [4.78, 5) is 0. The van der Waals surface area contributed by atoms with E-state index in [0.717, 1.165) is 18.0 Å². The van der Waals surface area contributed by atoms with Gasteiger partial charge in [0.05, 0.1) is 0 Å². The van der Waals surface area contributed by atoms with Gasteiger partial charge in [0, 0.05) is 12.7 Å². The molecule has 68 valence electrons. The number of aryl methyl sites for hydroxylation is 1. The molecule has 1 N–H and O–H groups in total. The van der Waals surface area contributed by atoms with Gasteiger partial charge in [0.2, 0.25) is 0 Å². The fourth-order valence-corrected chi connectivity index (χ4v) is 1.37. The van der Waals surface area contributed by atoms with Crippen LogP contribution in [0.5, 0.6) is 0 Å². The Hall–Kier alpha value is -1.42. The highest BCUT2D eigenvalue weighted by atomic mass is 15.2. The normalized spacial score (nSPS) is 10.9. The molecule has 0 bridgehead atoms. The summed E-state index contributed by atoms with van der Waals surface area (Å²) in [5.74, 6) is 0.922. The lowest BCUT2D eigenvalue weighted by molar-refractivity contribution is 0.816. The molecule has 0 spiro atoms. The summed E-state index contributed by atoms with van der Waals surface area (Å²) >= 11 is 0. The van der Waals surface area contributed by atoms with Gasteiger partial charge in [0.15, 0.2) is 5.65 Å². The second-order valence-electron chi connectivity index (χ2n) is 3.04. The van der Waals surface area contributed by atoms with Crippen molar-refractivity contribution < 1.29 is 0 Å². The highest BCUT2D eigenvalue weighted by Gasteiger charge is 2.00. The van der Waals surface area contributed by atoms with Gasteiger partial charge < -0.3 is 5.32 Å². The molecule has 2 heterocycles. The molecule has 0 fully saturated rings. The lowest BCUT2D eigenvalue weighted by Gasteiger charge is -2.00. The van der Waals surface area contributed by atoms with E-state index in [1.54, 1.807) is 0 Å². The van der Waals surface area contributed by atoms with E-state index in [2.05, 4.69) is 21.6 Å². The predicted octanol–water partition coefficient (Wildman–Crippen LogP) is 0.757. The molecule has 0 saturated carbocycles. The quantitative estimate of drug-likeness (QED) is 0.734. The summed E-state index contributed by atoms with van der Waals surface area (Å²) in [5, 5.41) is 11.1. The molecule has 13 heavy (non-hydrogen) atoms. The smallest absolute Gasteiger partial charge is 0.161 e. The first-order valence-corrected chi connectivity index (χ1v) is 4.26. The number of rotatable bonds is 2. The van der Waals surface area contributed by atoms with Gasteiger partial charge >= 0.3 is 0 Å². The van der Waals surface area contributed by atoms with Crippen molar-refractivity contribution in [1.29, 1.82) is 0 Å². The molecular weight excluding hydrogens is 164 g/mol. The Morgan fingerprint density at radius 2 is 2.31 bits per heavy atom. The molecule has 0 amide bonds. The summed E-state index contributed by atoms with van der Waals surface area (Å²) in [6.07, 6.45) is 2.00. The second kappa shape index (κ2) is 3.14. The molecule has 0 aromatic carbocycles. The Morgan fingerprint density at radius 3 is 3.08 bits per heavy atom. The van der Waals surface area contributed by atoms with Gasteiger partial charge in [-0.25, -0.2) is 0 Å². The van der Waals surface area contributed by atoms with E-state index in [1.165, 1.54) is 5.56 Å². The van der Waals surface area contributed by atoms with Crippen LogP contribution in [0.1, 0.15) is 11.4 Å². The lowest BCUT2D eigenvalue weighted by Crippen LogP contribution is -2.05. The topological polar surface area (TPSA) is 42.2 Å². The van der Waals surface area contributed by atoms with E-state index in [0.29, 0.717) is 0 Å². The molecular formula is C9H12N4. The molecule has 0 aliphatic heterocycles. The van der Waals surface area contributed by atoms with Crippen molar-refractivity contribution in [2.24, 2.45) is 0 Å². The summed E-state index contributed by atoms with van der Waals surface area (Å²) in [7, 11) is 1.93. The molecule has 0 atom stereocenters. The molecule has 4 nitrogen and oxygen atoms in total. The summed E-state index contributed by atoms with van der Waals surface area (Å²) in [6, 6.07) is 4.11. The minimum atomic E-state index is 0.863. The number of hydrogen-bond acceptors (Lipinski definition) is 3. The average molecular weight is 176 g/mol. The number of nitrogens with zero attached hydrogens (tertiary/aromatic N) is 3. The van der Waals surface area contributed by atoms with Crippen LogP contribution in [-0.2, 0) is 6.54 Å². The van der Waals surface area contributed by atoms with Gasteiger partial charge in [-0.15, -0.1) is 10.2 Å². The molecule has 0 aliphatic carbocycles. The van der Waals surface area contributed by atoms with Gasteiger partial charge in [-0.3, -0.25) is 4.40 Å². The number of pyridine rings is 1. The van der Waals surface area contributed by atoms with Crippen LogP contribution in [0.4, 0.5) is 0 Å². The Bertz CT molecular complexity index is 418. The average Bonchev–Trinajstić information content (AvgIpc) is 2.48. The van der Waals surface area contributed by atoms with E-state index in [1.807, 2.05) is 30.6 Å². The van der Waals surface area contributed by atoms with Crippen LogP contribution in [0.2, 0.25) is 0 Å². The molecule has 4 heteroatoms. The Labute approximate surface area is 76.6 Å². The predicted molar refractivity (Wildman–Crippen MR) is 50.5 cm³/mol. The fraction of sp³-hybridized carbons (Fsp3) is 0.333. The zero-order valence-electron chi connectivity index (χ0n) is 7.78. The van der Waals surface area contributed by atoms with Gasteiger partial charge in [-0.2, -0.15) is 0 Å². The van der Waals surface area contributed by atoms with Crippen LogP contribution in [-0.4, -0.2) is 21.6 Å². The standard InChI is InChI=1S/C9H12N4/c1-7-11-12-9-5-8(6-10-2)3-4-13(7)9/h3-5,10H,6H2,1-2H3. The number of nitrogens with one attached hydrogen (secondary N) is 1. The van der Waals surface area contributed by atoms with Crippen LogP contribution in [0.25, 0.3) is 5.65 Å². The van der Waals surface area contributed by atoms with Crippen molar-refractivity contribution in [2.45, 2.75) is 13.5 Å². The summed E-state index contributed by atoms with van der Waals surface area (Å²) in [6.45, 7) is 2.81. The maximum Gasteiger partial charge on any atom is 0.161 e. The van der Waals surface area contributed by atoms with Crippen molar-refractivity contribution in [2.75, 3.05) is 7.05 Å². The molecule has 2 rings (SSSR count). The third kappa shape index (κ3) is 1.40. The minimum absolute atomic E-state index is 0.863. The third-order valence-corrected chi connectivity index (χ3v) is 2.03. The summed E-state index contributed by atoms with van der Waals surface area (Å²) < 4.78 is 1.97. The van der Waals surface area contributed by atoms with Crippen molar-refractivity contribution >= 4 is 5.65 Å². The first kappa shape index (κ1) is 8.19. The first-order chi connectivity index (χ1) is 6.31. The first-order valence-electron chi connectivity index (χ1n) is 4.26. The van der Waals surface area contributed by atoms with E-state index in [9.17, 15) is 0 Å². The molecule has 0 saturated heterocycles. The molecule has 0 radical (unpaired) electrons. The van der Waals surface area contributed by atoms with Crippen LogP contribution in [0, 0.1) is 6.92 Å². The molecule has 0 unspecified atom stereocenters. The van der Waals surface area contributed by atoms with Crippen molar-refractivity contribution in [3.05, 3.63) is 29.7 Å². The Kier molecular flexibility index (Phi) is 1.98. The molecule has 2 aromatic rings. The molecule has 2 aromatic heterocycles. The lowest BCUT2D eigenvalue weighted by atomic mass is 10.2. The Balaban J connectivity index is 2.50. The van der Waals surface area contributed by atoms with Crippen molar-refractivity contribution in [3.63, 3.8) is 0 Å². The van der Waals surface area contributed by atoms with E-state index in [4.69, 9.17) is 0 Å². The van der Waals surface area contributed by atoms with Gasteiger partial charge in [-0.05, 0) is 31.7 Å². The van der Waals surface area contributed by atoms with Crippen LogP contribution >= 0.6 is 0 Å². The van der Waals surface area contributed by atoms with Crippen LogP contribution in [0.3, 0.4) is 0 Å². The second-order valence-corrected chi connectivity index (χ2v) is 3.04. The van der Waals surface area contributed by atoms with Crippen molar-refractivity contribution in [3.8, 4) is 0 Å². The third-order valence-electron chi connectivity index (χ3n) is 2.03. The zero-order valence-corrected chi connectivity index (χ0v) is 7.78. The maximum absolute atomic E-state index is 4.05. The highest BCUT2D eigenvalue weighted by Crippen LogP contribution is 2.06. The van der Waals surface area contributed by atoms with E-state index >= 15 is 0 Å². The SMILES string of the molecule is CNCc1ccn2c(C)nnc2c1. The molecule has 0 aliphatic rings. The number of aromatic nitrogens is 3. The van der Waals surface area contributed by atoms with Gasteiger partial charge in [-0.1, -0.05) is 0 Å². The van der Waals surface area contributed by atoms with Crippen LogP contribution in [0.15, 0.2) is 18.3 Å². The largest absolute Gasteiger partial charge is 0.316 e. The monoisotopic (exact) mass is 176 g/mol. The van der Waals surface area contributed by atoms with Crippen molar-refractivity contribution in [1.82, 2.24) is 19.9 Å². The van der Waals surface area contributed by atoms with Crippen LogP contribution < -0.4 is 5.32 Å². The van der Waals surface area contributed by atoms with E-state index in [-0.39, 0.29) is 0 Å². The number of hydrogen-bond donors (Lipinski definition) is 1. The Morgan fingerprint density at radius 1 is 1.46 bits per heavy atom. The number of fused-ring (bicyclic) bond motifs is 1.